The first-order valence-corrected chi connectivity index (χ1v) is 11.4. The van der Waals surface area contributed by atoms with E-state index >= 15 is 0 Å². The van der Waals surface area contributed by atoms with Gasteiger partial charge in [0.1, 0.15) is 42.4 Å². The highest BCUT2D eigenvalue weighted by molar-refractivity contribution is 5.52. The van der Waals surface area contributed by atoms with E-state index in [2.05, 4.69) is 43.3 Å². The van der Waals surface area contributed by atoms with Crippen molar-refractivity contribution >= 4 is 11.8 Å². The van der Waals surface area contributed by atoms with E-state index in [1.165, 1.54) is 5.56 Å². The van der Waals surface area contributed by atoms with Crippen molar-refractivity contribution in [1.82, 2.24) is 0 Å². The molecule has 0 radical (unpaired) electrons. The fraction of sp³-hybridized carbons (Fsp3) is 0.462. The average Bonchev–Trinajstić information content (AvgIpc) is 3.21. The molecule has 1 saturated heterocycles. The largest absolute Gasteiger partial charge is 0.492 e. The Morgan fingerprint density at radius 2 is 1.78 bits per heavy atom. The van der Waals surface area contributed by atoms with Crippen LogP contribution in [-0.4, -0.2) is 51.4 Å². The second-order valence-corrected chi connectivity index (χ2v) is 9.05. The number of rotatable bonds is 4. The van der Waals surface area contributed by atoms with Gasteiger partial charge in [0.2, 0.25) is 0 Å². The van der Waals surface area contributed by atoms with Gasteiger partial charge in [-0.2, -0.15) is 0 Å². The van der Waals surface area contributed by atoms with Gasteiger partial charge < -0.3 is 29.9 Å². The first kappa shape index (κ1) is 21.6. The fourth-order valence-corrected chi connectivity index (χ4v) is 5.29. The summed E-state index contributed by atoms with van der Waals surface area (Å²) in [5.74, 6) is 0.873. The van der Waals surface area contributed by atoms with E-state index in [9.17, 15) is 20.4 Å². The molecule has 1 spiro atoms. The maximum absolute atomic E-state index is 11.0. The van der Waals surface area contributed by atoms with Crippen molar-refractivity contribution in [3.05, 3.63) is 69.1 Å². The highest BCUT2D eigenvalue weighted by atomic mass is 16.6. The zero-order valence-electron chi connectivity index (χ0n) is 18.2. The number of ether oxygens (including phenoxy) is 2. The zero-order chi connectivity index (χ0) is 22.5. The molecule has 1 aliphatic carbocycles. The molecule has 32 heavy (non-hydrogen) atoms. The van der Waals surface area contributed by atoms with Crippen LogP contribution in [0.4, 0.5) is 0 Å². The van der Waals surface area contributed by atoms with E-state index in [-0.39, 0.29) is 0 Å². The van der Waals surface area contributed by atoms with Crippen LogP contribution >= 0.6 is 0 Å². The van der Waals surface area contributed by atoms with Crippen LogP contribution in [0.1, 0.15) is 42.0 Å². The molecular weight excluding hydrogens is 408 g/mol. The number of hydrogen-bond acceptors (Lipinski definition) is 6. The lowest BCUT2D eigenvalue weighted by Crippen LogP contribution is -2.65. The summed E-state index contributed by atoms with van der Waals surface area (Å²) in [6, 6.07) is 12.6. The summed E-state index contributed by atoms with van der Waals surface area (Å²) in [5.41, 5.74) is 3.12. The van der Waals surface area contributed by atoms with Gasteiger partial charge in [-0.05, 0) is 53.3 Å². The standard InChI is InChI=1S/C26H30O6/c1-2-15-5-7-16(8-6-15)10-21-19-12-20-17(11-18(19)14-31-21)4-3-9-26(20)25(30)24(29)23(28)22(13-27)32-26/h4-8,11-12,22-25,27-30H,2-3,9-10,13-14H2,1H3/t22?,23-,24+,25-,26+/m1/s1. The third kappa shape index (κ3) is 3.38. The Hall–Kier alpha value is -2.22. The highest BCUT2D eigenvalue weighted by Crippen LogP contribution is 2.42. The van der Waals surface area contributed by atoms with Gasteiger partial charge in [-0.3, -0.25) is 0 Å². The average molecular weight is 439 g/mol. The van der Waals surface area contributed by atoms with Crippen LogP contribution in [-0.2, 0) is 34.5 Å². The van der Waals surface area contributed by atoms with Crippen LogP contribution < -0.4 is 10.4 Å². The number of benzene rings is 2. The number of aliphatic hydroxyl groups is 4. The molecular formula is C26H30O6. The number of aryl methyl sites for hydroxylation is 1. The second kappa shape index (κ2) is 8.28. The fourth-order valence-electron chi connectivity index (χ4n) is 5.29. The molecule has 1 unspecified atom stereocenters. The molecule has 2 aliphatic heterocycles. The van der Waals surface area contributed by atoms with E-state index in [0.717, 1.165) is 39.3 Å². The van der Waals surface area contributed by atoms with Crippen molar-refractivity contribution in [3.63, 3.8) is 0 Å². The lowest BCUT2D eigenvalue weighted by molar-refractivity contribution is -0.282. The maximum atomic E-state index is 11.0. The number of hydrogen-bond donors (Lipinski definition) is 4. The van der Waals surface area contributed by atoms with E-state index in [0.29, 0.717) is 25.9 Å². The van der Waals surface area contributed by atoms with Crippen LogP contribution in [0.2, 0.25) is 0 Å². The zero-order valence-corrected chi connectivity index (χ0v) is 18.2. The summed E-state index contributed by atoms with van der Waals surface area (Å²) in [7, 11) is 0. The van der Waals surface area contributed by atoms with Gasteiger partial charge in [0.25, 0.3) is 0 Å². The quantitative estimate of drug-likeness (QED) is 0.551. The summed E-state index contributed by atoms with van der Waals surface area (Å²) in [5, 5.41) is 43.4. The summed E-state index contributed by atoms with van der Waals surface area (Å²) in [6.45, 7) is 2.19. The van der Waals surface area contributed by atoms with Gasteiger partial charge in [0.05, 0.1) is 6.61 Å². The van der Waals surface area contributed by atoms with Crippen LogP contribution in [0.3, 0.4) is 0 Å². The molecule has 2 aromatic rings. The normalized spacial score (nSPS) is 31.1. The van der Waals surface area contributed by atoms with Gasteiger partial charge in [0, 0.05) is 17.2 Å². The summed E-state index contributed by atoms with van der Waals surface area (Å²) in [6.07, 6.45) is -0.154. The Balaban J connectivity index is 1.60. The van der Waals surface area contributed by atoms with Gasteiger partial charge >= 0.3 is 0 Å². The lowest BCUT2D eigenvalue weighted by Gasteiger charge is -2.50. The van der Waals surface area contributed by atoms with Crippen LogP contribution in [0.25, 0.3) is 11.8 Å². The molecule has 0 bridgehead atoms. The first-order chi connectivity index (χ1) is 15.5. The van der Waals surface area contributed by atoms with Crippen molar-refractivity contribution in [2.24, 2.45) is 0 Å². The van der Waals surface area contributed by atoms with Crippen LogP contribution in [0.5, 0.6) is 0 Å². The molecule has 6 heteroatoms. The molecule has 5 rings (SSSR count). The molecule has 3 aliphatic rings. The van der Waals surface area contributed by atoms with Gasteiger partial charge in [-0.1, -0.05) is 37.3 Å². The van der Waals surface area contributed by atoms with Crippen molar-refractivity contribution in [3.8, 4) is 0 Å². The minimum Gasteiger partial charge on any atom is -0.492 e. The molecule has 0 amide bonds. The number of fused-ring (bicyclic) bond motifs is 3. The van der Waals surface area contributed by atoms with Gasteiger partial charge in [0.15, 0.2) is 0 Å². The van der Waals surface area contributed by atoms with Crippen LogP contribution in [0, 0.1) is 0 Å². The minimum absolute atomic E-state index is 0.440. The Bertz CT molecular complexity index is 1120. The molecule has 170 valence electrons. The predicted molar refractivity (Wildman–Crippen MR) is 119 cm³/mol. The third-order valence-electron chi connectivity index (χ3n) is 7.18. The minimum atomic E-state index is -1.41. The molecule has 0 aromatic heterocycles. The monoisotopic (exact) mass is 438 g/mol. The van der Waals surface area contributed by atoms with Crippen molar-refractivity contribution < 1.29 is 29.9 Å². The van der Waals surface area contributed by atoms with Crippen molar-refractivity contribution in [1.29, 1.82) is 0 Å². The molecule has 6 nitrogen and oxygen atoms in total. The topological polar surface area (TPSA) is 99.4 Å². The Kier molecular flexibility index (Phi) is 5.60. The molecule has 0 saturated carbocycles. The molecule has 2 heterocycles. The highest BCUT2D eigenvalue weighted by Gasteiger charge is 2.54. The molecule has 5 atom stereocenters. The second-order valence-electron chi connectivity index (χ2n) is 9.05. The van der Waals surface area contributed by atoms with Gasteiger partial charge in [-0.15, -0.1) is 0 Å². The number of aliphatic hydroxyl groups excluding tert-OH is 4. The Morgan fingerprint density at radius 3 is 2.50 bits per heavy atom. The maximum Gasteiger partial charge on any atom is 0.123 e. The summed E-state index contributed by atoms with van der Waals surface area (Å²) in [4.78, 5) is 0. The van der Waals surface area contributed by atoms with E-state index in [1.54, 1.807) is 0 Å². The molecule has 2 aromatic carbocycles. The van der Waals surface area contributed by atoms with E-state index < -0.39 is 36.6 Å². The first-order valence-electron chi connectivity index (χ1n) is 11.4. The molecule has 4 N–H and O–H groups in total. The third-order valence-corrected chi connectivity index (χ3v) is 7.18. The SMILES string of the molecule is CCc1ccc(CC2=c3cc4c(cc3CO2)=CCC[C@]42OC(CO)[C@@H](O)[C@H](O)[C@H]2O)cc1. The Morgan fingerprint density at radius 1 is 1.03 bits per heavy atom. The smallest absolute Gasteiger partial charge is 0.123 e. The summed E-state index contributed by atoms with van der Waals surface area (Å²) < 4.78 is 12.2. The van der Waals surface area contributed by atoms with E-state index in [1.807, 2.05) is 6.07 Å². The Labute approximate surface area is 187 Å². The molecule has 1 fully saturated rings. The van der Waals surface area contributed by atoms with Gasteiger partial charge in [-0.25, -0.2) is 0 Å². The lowest BCUT2D eigenvalue weighted by atomic mass is 9.73. The van der Waals surface area contributed by atoms with Crippen molar-refractivity contribution in [2.45, 2.75) is 69.2 Å². The van der Waals surface area contributed by atoms with Crippen molar-refractivity contribution in [2.75, 3.05) is 6.61 Å². The van der Waals surface area contributed by atoms with E-state index in [4.69, 9.17) is 9.47 Å². The summed E-state index contributed by atoms with van der Waals surface area (Å²) >= 11 is 0. The van der Waals surface area contributed by atoms with Crippen LogP contribution in [0.15, 0.2) is 36.4 Å². The predicted octanol–water partition coefficient (Wildman–Crippen LogP) is 0.373.